The summed E-state index contributed by atoms with van der Waals surface area (Å²) >= 11 is 0. The van der Waals surface area contributed by atoms with Crippen molar-refractivity contribution < 1.29 is 10.0 Å². The van der Waals surface area contributed by atoms with Gasteiger partial charge in [0.25, 0.3) is 0 Å². The molecule has 96 valence electrons. The number of nitrogens with one attached hydrogen (secondary N) is 1. The zero-order valence-corrected chi connectivity index (χ0v) is 10.3. The van der Waals surface area contributed by atoms with Crippen LogP contribution < -0.4 is 11.1 Å². The summed E-state index contributed by atoms with van der Waals surface area (Å²) in [6.07, 6.45) is 1.68. The van der Waals surface area contributed by atoms with E-state index < -0.39 is 5.92 Å². The lowest BCUT2D eigenvalue weighted by Gasteiger charge is -2.15. The first kappa shape index (κ1) is 12.4. The SMILES string of the molecule is CC(C(=O)NC1Cc2ccccc2C1)/C(N)=N/O. The highest BCUT2D eigenvalue weighted by atomic mass is 16.4. The summed E-state index contributed by atoms with van der Waals surface area (Å²) in [5.41, 5.74) is 7.97. The number of oxime groups is 1. The normalized spacial score (nSPS) is 17.3. The van der Waals surface area contributed by atoms with Crippen molar-refractivity contribution in [2.75, 3.05) is 0 Å². The van der Waals surface area contributed by atoms with E-state index in [1.165, 1.54) is 11.1 Å². The molecule has 5 heteroatoms. The Labute approximate surface area is 106 Å². The lowest BCUT2D eigenvalue weighted by Crippen LogP contribution is -2.42. The summed E-state index contributed by atoms with van der Waals surface area (Å²) < 4.78 is 0. The molecule has 0 heterocycles. The van der Waals surface area contributed by atoms with Gasteiger partial charge in [-0.3, -0.25) is 4.79 Å². The Morgan fingerprint density at radius 2 is 2.00 bits per heavy atom. The van der Waals surface area contributed by atoms with E-state index in [2.05, 4.69) is 22.6 Å². The van der Waals surface area contributed by atoms with Crippen LogP contribution in [0.25, 0.3) is 0 Å². The van der Waals surface area contributed by atoms with Crippen LogP contribution in [0.2, 0.25) is 0 Å². The van der Waals surface area contributed by atoms with Gasteiger partial charge in [0.15, 0.2) is 5.84 Å². The average Bonchev–Trinajstić information content (AvgIpc) is 2.78. The van der Waals surface area contributed by atoms with Gasteiger partial charge in [0.05, 0.1) is 5.92 Å². The van der Waals surface area contributed by atoms with Gasteiger partial charge in [-0.25, -0.2) is 0 Å². The molecule has 5 nitrogen and oxygen atoms in total. The van der Waals surface area contributed by atoms with Crippen LogP contribution in [0.5, 0.6) is 0 Å². The molecule has 1 unspecified atom stereocenters. The second kappa shape index (κ2) is 5.08. The van der Waals surface area contributed by atoms with E-state index in [1.54, 1.807) is 6.92 Å². The lowest BCUT2D eigenvalue weighted by molar-refractivity contribution is -0.123. The number of amides is 1. The fourth-order valence-corrected chi connectivity index (χ4v) is 2.21. The van der Waals surface area contributed by atoms with E-state index in [1.807, 2.05) is 12.1 Å². The molecule has 0 fully saturated rings. The molecule has 0 aliphatic heterocycles. The number of hydrogen-bond acceptors (Lipinski definition) is 3. The van der Waals surface area contributed by atoms with Crippen molar-refractivity contribution in [2.24, 2.45) is 16.8 Å². The molecule has 18 heavy (non-hydrogen) atoms. The molecule has 0 radical (unpaired) electrons. The second-order valence-corrected chi connectivity index (χ2v) is 4.63. The molecule has 1 amide bonds. The monoisotopic (exact) mass is 247 g/mol. The maximum Gasteiger partial charge on any atom is 0.230 e. The molecule has 0 saturated heterocycles. The third-order valence-corrected chi connectivity index (χ3v) is 3.35. The molecule has 4 N–H and O–H groups in total. The molecule has 1 atom stereocenters. The number of rotatable bonds is 3. The average molecular weight is 247 g/mol. The van der Waals surface area contributed by atoms with Crippen LogP contribution in [-0.2, 0) is 17.6 Å². The lowest BCUT2D eigenvalue weighted by atomic mass is 10.1. The summed E-state index contributed by atoms with van der Waals surface area (Å²) in [6.45, 7) is 1.62. The molecule has 1 aromatic rings. The van der Waals surface area contributed by atoms with Crippen molar-refractivity contribution in [1.82, 2.24) is 5.32 Å². The van der Waals surface area contributed by atoms with E-state index in [9.17, 15) is 4.79 Å². The number of carbonyl (C=O) groups is 1. The van der Waals surface area contributed by atoms with Crippen molar-refractivity contribution >= 4 is 11.7 Å². The minimum absolute atomic E-state index is 0.0667. The number of benzene rings is 1. The van der Waals surface area contributed by atoms with Gasteiger partial charge in [-0.1, -0.05) is 29.4 Å². The highest BCUT2D eigenvalue weighted by Crippen LogP contribution is 2.21. The smallest absolute Gasteiger partial charge is 0.230 e. The van der Waals surface area contributed by atoms with Gasteiger partial charge in [-0.15, -0.1) is 0 Å². The van der Waals surface area contributed by atoms with E-state index in [-0.39, 0.29) is 17.8 Å². The Balaban J connectivity index is 1.96. The van der Waals surface area contributed by atoms with Gasteiger partial charge in [-0.2, -0.15) is 0 Å². The fourth-order valence-electron chi connectivity index (χ4n) is 2.21. The predicted molar refractivity (Wildman–Crippen MR) is 68.4 cm³/mol. The molecule has 0 saturated carbocycles. The number of nitrogens with two attached hydrogens (primary N) is 1. The van der Waals surface area contributed by atoms with Crippen LogP contribution in [0.15, 0.2) is 29.4 Å². The highest BCUT2D eigenvalue weighted by Gasteiger charge is 2.25. The van der Waals surface area contributed by atoms with Gasteiger partial charge in [0.2, 0.25) is 5.91 Å². The molecule has 2 rings (SSSR count). The molecule has 1 aromatic carbocycles. The Morgan fingerprint density at radius 3 is 2.50 bits per heavy atom. The van der Waals surface area contributed by atoms with Crippen LogP contribution in [0, 0.1) is 5.92 Å². The summed E-state index contributed by atoms with van der Waals surface area (Å²) in [6, 6.07) is 8.26. The molecular weight excluding hydrogens is 230 g/mol. The molecular formula is C13H17N3O2. The molecule has 1 aliphatic carbocycles. The van der Waals surface area contributed by atoms with Crippen LogP contribution in [0.4, 0.5) is 0 Å². The van der Waals surface area contributed by atoms with Gasteiger partial charge in [0, 0.05) is 6.04 Å². The van der Waals surface area contributed by atoms with Crippen LogP contribution >= 0.6 is 0 Å². The van der Waals surface area contributed by atoms with Crippen molar-refractivity contribution in [3.63, 3.8) is 0 Å². The number of carbonyl (C=O) groups excluding carboxylic acids is 1. The van der Waals surface area contributed by atoms with E-state index in [0.29, 0.717) is 0 Å². The molecule has 1 aliphatic rings. The van der Waals surface area contributed by atoms with Crippen LogP contribution in [-0.4, -0.2) is 23.0 Å². The molecule has 0 aromatic heterocycles. The highest BCUT2D eigenvalue weighted by molar-refractivity contribution is 6.01. The number of fused-ring (bicyclic) bond motifs is 1. The van der Waals surface area contributed by atoms with Gasteiger partial charge in [0.1, 0.15) is 0 Å². The number of nitrogens with zero attached hydrogens (tertiary/aromatic N) is 1. The summed E-state index contributed by atoms with van der Waals surface area (Å²) in [7, 11) is 0. The number of hydrogen-bond donors (Lipinski definition) is 3. The van der Waals surface area contributed by atoms with Crippen molar-refractivity contribution in [2.45, 2.75) is 25.8 Å². The predicted octanol–water partition coefficient (Wildman–Crippen LogP) is 0.652. The maximum absolute atomic E-state index is 11.9. The van der Waals surface area contributed by atoms with E-state index >= 15 is 0 Å². The van der Waals surface area contributed by atoms with E-state index in [0.717, 1.165) is 12.8 Å². The number of amidine groups is 1. The first-order chi connectivity index (χ1) is 8.61. The maximum atomic E-state index is 11.9. The largest absolute Gasteiger partial charge is 0.409 e. The van der Waals surface area contributed by atoms with Gasteiger partial charge in [-0.05, 0) is 30.9 Å². The Bertz CT molecular complexity index is 460. The standard InChI is InChI=1S/C13H17N3O2/c1-8(12(14)16-18)13(17)15-11-6-9-4-2-3-5-10(9)7-11/h2-5,8,11,18H,6-7H2,1H3,(H2,14,16)(H,15,17). The fraction of sp³-hybridized carbons (Fsp3) is 0.385. The van der Waals surface area contributed by atoms with Crippen LogP contribution in [0.1, 0.15) is 18.1 Å². The zero-order chi connectivity index (χ0) is 13.1. The minimum Gasteiger partial charge on any atom is -0.409 e. The van der Waals surface area contributed by atoms with E-state index in [4.69, 9.17) is 10.9 Å². The second-order valence-electron chi connectivity index (χ2n) is 4.63. The first-order valence-corrected chi connectivity index (χ1v) is 5.96. The molecule has 0 bridgehead atoms. The summed E-state index contributed by atoms with van der Waals surface area (Å²) in [5, 5.41) is 14.3. The topological polar surface area (TPSA) is 87.7 Å². The van der Waals surface area contributed by atoms with Crippen LogP contribution in [0.3, 0.4) is 0 Å². The Morgan fingerprint density at radius 1 is 1.44 bits per heavy atom. The first-order valence-electron chi connectivity index (χ1n) is 5.96. The molecule has 0 spiro atoms. The minimum atomic E-state index is -0.612. The Hall–Kier alpha value is -2.04. The van der Waals surface area contributed by atoms with Crippen molar-refractivity contribution in [1.29, 1.82) is 0 Å². The van der Waals surface area contributed by atoms with Gasteiger partial charge < -0.3 is 16.3 Å². The third kappa shape index (κ3) is 2.45. The Kier molecular flexibility index (Phi) is 3.50. The zero-order valence-electron chi connectivity index (χ0n) is 10.3. The van der Waals surface area contributed by atoms with Crippen molar-refractivity contribution in [3.8, 4) is 0 Å². The summed E-state index contributed by atoms with van der Waals surface area (Å²) in [5.74, 6) is -0.884. The third-order valence-electron chi connectivity index (χ3n) is 3.35. The quantitative estimate of drug-likeness (QED) is 0.317. The van der Waals surface area contributed by atoms with Gasteiger partial charge >= 0.3 is 0 Å². The summed E-state index contributed by atoms with van der Waals surface area (Å²) in [4.78, 5) is 11.9. The van der Waals surface area contributed by atoms with Crippen molar-refractivity contribution in [3.05, 3.63) is 35.4 Å².